The molecule has 0 spiro atoms. The Morgan fingerprint density at radius 3 is 1.74 bits per heavy atom. The normalized spacial score (nSPS) is 11.3. The smallest absolute Gasteiger partial charge is 0.320 e. The maximum absolute atomic E-state index is 11.2. The molecule has 0 saturated heterocycles. The van der Waals surface area contributed by atoms with Gasteiger partial charge in [-0.2, -0.15) is 0 Å². The fraction of sp³-hybridized carbons (Fsp3) is 0.714. The second-order valence-corrected chi connectivity index (χ2v) is 5.83. The zero-order chi connectivity index (χ0) is 18.8. The van der Waals surface area contributed by atoms with E-state index in [4.69, 9.17) is 4.74 Å². The third-order valence-corrected chi connectivity index (χ3v) is 2.92. The minimum absolute atomic E-state index is 0.119. The number of methoxy groups -OCH3 is 1. The first-order valence-electron chi connectivity index (χ1n) is 7.10. The summed E-state index contributed by atoms with van der Waals surface area (Å²) in [7, 11) is 6.86. The van der Waals surface area contributed by atoms with E-state index in [1.165, 1.54) is 18.7 Å². The molecule has 0 aliphatic rings. The summed E-state index contributed by atoms with van der Waals surface area (Å²) >= 11 is 0. The van der Waals surface area contributed by atoms with E-state index in [9.17, 15) is 19.2 Å². The Balaban J connectivity index is 0. The Bertz CT molecular complexity index is 439. The average molecular weight is 324 g/mol. The SMILES string of the molecule is CC(=O)[B]C(=O)N(C)C.COC(C)C(C)(C)NC(=O)[B]C(C)=O. The molecule has 0 fully saturated rings. The second kappa shape index (κ2) is 11.0. The molecule has 1 atom stereocenters. The van der Waals surface area contributed by atoms with E-state index in [0.717, 1.165) is 14.6 Å². The summed E-state index contributed by atoms with van der Waals surface area (Å²) in [5, 5.41) is 2.70. The van der Waals surface area contributed by atoms with Gasteiger partial charge in [0.2, 0.25) is 0 Å². The number of nitrogens with one attached hydrogen (secondary N) is 1. The van der Waals surface area contributed by atoms with Gasteiger partial charge in [0, 0.05) is 21.2 Å². The number of amides is 2. The van der Waals surface area contributed by atoms with Crippen molar-refractivity contribution in [1.29, 1.82) is 0 Å². The highest BCUT2D eigenvalue weighted by molar-refractivity contribution is 6.97. The van der Waals surface area contributed by atoms with Crippen LogP contribution in [0.3, 0.4) is 0 Å². The van der Waals surface area contributed by atoms with Crippen LogP contribution in [0.2, 0.25) is 0 Å². The van der Waals surface area contributed by atoms with Crippen LogP contribution in [0, 0.1) is 0 Å². The first-order chi connectivity index (χ1) is 10.3. The Hall–Kier alpha value is -1.63. The highest BCUT2D eigenvalue weighted by Crippen LogP contribution is 2.11. The van der Waals surface area contributed by atoms with Gasteiger partial charge in [-0.05, 0) is 34.6 Å². The summed E-state index contributed by atoms with van der Waals surface area (Å²) in [6.07, 6.45) is -0.119. The first kappa shape index (κ1) is 23.6. The van der Waals surface area contributed by atoms with Gasteiger partial charge in [-0.25, -0.2) is 0 Å². The van der Waals surface area contributed by atoms with E-state index >= 15 is 0 Å². The van der Waals surface area contributed by atoms with Gasteiger partial charge in [0.15, 0.2) is 11.6 Å². The number of hydrogen-bond acceptors (Lipinski definition) is 5. The molecule has 2 radical (unpaired) electrons. The standard InChI is InChI=1S/C9H17BNO3.C5H9BNO2/c1-6(14-5)9(3,4)11-8(13)10-7(2)12;1-4(8)6-5(9)7(2)3/h6H,1-5H3,(H,11,13);1-3H3. The molecule has 0 heterocycles. The van der Waals surface area contributed by atoms with Crippen LogP contribution in [0.15, 0.2) is 0 Å². The molecule has 7 nitrogen and oxygen atoms in total. The van der Waals surface area contributed by atoms with Crippen molar-refractivity contribution in [3.05, 3.63) is 0 Å². The van der Waals surface area contributed by atoms with Crippen LogP contribution >= 0.6 is 0 Å². The fourth-order valence-electron chi connectivity index (χ4n) is 1.24. The minimum Gasteiger partial charge on any atom is -0.379 e. The van der Waals surface area contributed by atoms with Crippen LogP contribution in [-0.4, -0.2) is 75.3 Å². The van der Waals surface area contributed by atoms with E-state index in [1.54, 1.807) is 21.2 Å². The van der Waals surface area contributed by atoms with Gasteiger partial charge in [0.05, 0.1) is 23.0 Å². The molecule has 0 aromatic carbocycles. The first-order valence-corrected chi connectivity index (χ1v) is 7.10. The second-order valence-electron chi connectivity index (χ2n) is 5.83. The van der Waals surface area contributed by atoms with E-state index in [1.807, 2.05) is 20.8 Å². The summed E-state index contributed by atoms with van der Waals surface area (Å²) in [6.45, 7) is 8.22. The molecule has 0 aromatic rings. The summed E-state index contributed by atoms with van der Waals surface area (Å²) < 4.78 is 5.11. The monoisotopic (exact) mass is 324 g/mol. The van der Waals surface area contributed by atoms with Crippen LogP contribution in [0.1, 0.15) is 34.6 Å². The number of nitrogens with zero attached hydrogens (tertiary/aromatic N) is 1. The van der Waals surface area contributed by atoms with Gasteiger partial charge in [-0.1, -0.05) is 0 Å². The molecule has 0 rings (SSSR count). The van der Waals surface area contributed by atoms with Crippen LogP contribution in [0.25, 0.3) is 0 Å². The number of carbonyl (C=O) groups excluding carboxylic acids is 4. The molecule has 0 aromatic heterocycles. The molecule has 2 amide bonds. The summed E-state index contributed by atoms with van der Waals surface area (Å²) in [6, 6.07) is 0. The highest BCUT2D eigenvalue weighted by Gasteiger charge is 2.28. The third kappa shape index (κ3) is 12.6. The van der Waals surface area contributed by atoms with Gasteiger partial charge in [0.1, 0.15) is 0 Å². The van der Waals surface area contributed by atoms with E-state index < -0.39 is 5.54 Å². The topological polar surface area (TPSA) is 92.8 Å². The number of hydrogen-bond donors (Lipinski definition) is 1. The lowest BCUT2D eigenvalue weighted by Crippen LogP contribution is -2.53. The van der Waals surface area contributed by atoms with Gasteiger partial charge in [-0.3, -0.25) is 9.59 Å². The third-order valence-electron chi connectivity index (χ3n) is 2.92. The predicted octanol–water partition coefficient (Wildman–Crippen LogP) is 0.679. The van der Waals surface area contributed by atoms with E-state index in [0.29, 0.717) is 0 Å². The molecule has 23 heavy (non-hydrogen) atoms. The van der Waals surface area contributed by atoms with Crippen LogP contribution < -0.4 is 5.32 Å². The molecule has 0 bridgehead atoms. The Morgan fingerprint density at radius 1 is 1.04 bits per heavy atom. The van der Waals surface area contributed by atoms with Crippen molar-refractivity contribution >= 4 is 37.5 Å². The largest absolute Gasteiger partial charge is 0.379 e. The van der Waals surface area contributed by atoms with Crippen molar-refractivity contribution in [2.75, 3.05) is 21.2 Å². The molecule has 0 saturated carbocycles. The highest BCUT2D eigenvalue weighted by atomic mass is 16.5. The van der Waals surface area contributed by atoms with Gasteiger partial charge >= 0.3 is 14.6 Å². The van der Waals surface area contributed by atoms with Crippen molar-refractivity contribution < 1.29 is 23.9 Å². The van der Waals surface area contributed by atoms with Crippen molar-refractivity contribution in [2.24, 2.45) is 0 Å². The molecule has 1 unspecified atom stereocenters. The molecule has 1 N–H and O–H groups in total. The van der Waals surface area contributed by atoms with E-state index in [-0.39, 0.29) is 29.1 Å². The molecule has 0 aliphatic heterocycles. The fourth-order valence-corrected chi connectivity index (χ4v) is 1.24. The zero-order valence-corrected chi connectivity index (χ0v) is 15.2. The van der Waals surface area contributed by atoms with Crippen molar-refractivity contribution in [2.45, 2.75) is 46.3 Å². The Kier molecular flexibility index (Phi) is 11.3. The lowest BCUT2D eigenvalue weighted by atomic mass is 9.72. The maximum Gasteiger partial charge on any atom is 0.320 e. The van der Waals surface area contributed by atoms with E-state index in [2.05, 4.69) is 5.32 Å². The Morgan fingerprint density at radius 2 is 1.48 bits per heavy atom. The molecular formula is C14H26B2N2O5. The number of rotatable bonds is 7. The van der Waals surface area contributed by atoms with Crippen LogP contribution in [-0.2, 0) is 14.3 Å². The minimum atomic E-state index is -0.488. The quantitative estimate of drug-likeness (QED) is 0.695. The van der Waals surface area contributed by atoms with Gasteiger partial charge < -0.3 is 24.5 Å². The van der Waals surface area contributed by atoms with Gasteiger partial charge in [-0.15, -0.1) is 0 Å². The maximum atomic E-state index is 11.2. The van der Waals surface area contributed by atoms with Crippen molar-refractivity contribution in [3.63, 3.8) is 0 Å². The summed E-state index contributed by atoms with van der Waals surface area (Å²) in [5.41, 5.74) is -0.963. The molecule has 9 heteroatoms. The summed E-state index contributed by atoms with van der Waals surface area (Å²) in [5.74, 6) is -0.645. The van der Waals surface area contributed by atoms with Crippen molar-refractivity contribution in [1.82, 2.24) is 10.2 Å². The van der Waals surface area contributed by atoms with Crippen LogP contribution in [0.4, 0.5) is 9.59 Å². The molecule has 0 aliphatic carbocycles. The van der Waals surface area contributed by atoms with Crippen molar-refractivity contribution in [3.8, 4) is 0 Å². The lowest BCUT2D eigenvalue weighted by molar-refractivity contribution is -0.110. The molecular weight excluding hydrogens is 298 g/mol. The predicted molar refractivity (Wildman–Crippen MR) is 91.0 cm³/mol. The summed E-state index contributed by atoms with van der Waals surface area (Å²) in [4.78, 5) is 44.1. The average Bonchev–Trinajstić information content (AvgIpc) is 2.35. The van der Waals surface area contributed by atoms with Gasteiger partial charge in [0.25, 0.3) is 0 Å². The zero-order valence-electron chi connectivity index (χ0n) is 15.2. The number of carbonyl (C=O) groups is 4. The number of ether oxygens (including phenoxy) is 1. The Labute approximate surface area is 140 Å². The molecule has 128 valence electrons. The van der Waals surface area contributed by atoms with Crippen LogP contribution in [0.5, 0.6) is 0 Å². The lowest BCUT2D eigenvalue weighted by Gasteiger charge is -2.31.